The molecule has 1 aliphatic rings. The molecule has 5 heteroatoms. The number of carbonyl (C=O) groups excluding carboxylic acids is 2. The number of methoxy groups -OCH3 is 1. The van der Waals surface area contributed by atoms with Gasteiger partial charge in [0.1, 0.15) is 0 Å². The highest BCUT2D eigenvalue weighted by molar-refractivity contribution is 5.79. The third kappa shape index (κ3) is 3.98. The van der Waals surface area contributed by atoms with E-state index in [1.807, 2.05) is 6.92 Å². The molecular weight excluding hydrogens is 234 g/mol. The van der Waals surface area contributed by atoms with Gasteiger partial charge >= 0.3 is 5.97 Å². The highest BCUT2D eigenvalue weighted by atomic mass is 16.5. The van der Waals surface area contributed by atoms with Crippen LogP contribution in [0.4, 0.5) is 0 Å². The first kappa shape index (κ1) is 15.0. The van der Waals surface area contributed by atoms with E-state index in [2.05, 4.69) is 4.74 Å². The number of ether oxygens (including phenoxy) is 2. The van der Waals surface area contributed by atoms with Crippen LogP contribution in [-0.2, 0) is 19.1 Å². The number of rotatable bonds is 6. The van der Waals surface area contributed by atoms with Gasteiger partial charge in [-0.15, -0.1) is 0 Å². The first-order valence-corrected chi connectivity index (χ1v) is 6.53. The standard InChI is InChI=1S/C13H23NO4/c1-4-11-10(7-9-18-11)13(16)14(2)8-5-6-12(15)17-3/h10-11H,4-9H2,1-3H3. The lowest BCUT2D eigenvalue weighted by atomic mass is 9.98. The molecule has 0 spiro atoms. The number of carbonyl (C=O) groups is 2. The van der Waals surface area contributed by atoms with Crippen LogP contribution < -0.4 is 0 Å². The molecule has 0 bridgehead atoms. The minimum absolute atomic E-state index is 0.0156. The van der Waals surface area contributed by atoms with Crippen LogP contribution >= 0.6 is 0 Å². The van der Waals surface area contributed by atoms with E-state index in [-0.39, 0.29) is 23.9 Å². The fraction of sp³-hybridized carbons (Fsp3) is 0.846. The SMILES string of the molecule is CCC1OCCC1C(=O)N(C)CCCC(=O)OC. The molecule has 0 N–H and O–H groups in total. The van der Waals surface area contributed by atoms with Crippen molar-refractivity contribution in [2.45, 2.75) is 38.7 Å². The zero-order valence-corrected chi connectivity index (χ0v) is 11.5. The van der Waals surface area contributed by atoms with E-state index >= 15 is 0 Å². The summed E-state index contributed by atoms with van der Waals surface area (Å²) >= 11 is 0. The summed E-state index contributed by atoms with van der Waals surface area (Å²) in [6.45, 7) is 3.29. The first-order chi connectivity index (χ1) is 8.60. The Morgan fingerprint density at radius 3 is 2.78 bits per heavy atom. The molecule has 0 aromatic rings. The Kier molecular flexibility index (Phi) is 6.12. The average molecular weight is 257 g/mol. The van der Waals surface area contributed by atoms with Crippen LogP contribution in [0.1, 0.15) is 32.6 Å². The largest absolute Gasteiger partial charge is 0.469 e. The van der Waals surface area contributed by atoms with Gasteiger partial charge in [0.15, 0.2) is 0 Å². The zero-order valence-electron chi connectivity index (χ0n) is 11.5. The summed E-state index contributed by atoms with van der Waals surface area (Å²) in [6.07, 6.45) is 2.72. The number of hydrogen-bond acceptors (Lipinski definition) is 4. The second-order valence-corrected chi connectivity index (χ2v) is 4.65. The fourth-order valence-corrected chi connectivity index (χ4v) is 2.29. The highest BCUT2D eigenvalue weighted by Crippen LogP contribution is 2.25. The van der Waals surface area contributed by atoms with Crippen molar-refractivity contribution in [2.75, 3.05) is 27.3 Å². The summed E-state index contributed by atoms with van der Waals surface area (Å²) in [6, 6.07) is 0. The summed E-state index contributed by atoms with van der Waals surface area (Å²) in [5, 5.41) is 0. The molecule has 1 fully saturated rings. The van der Waals surface area contributed by atoms with E-state index in [1.165, 1.54) is 7.11 Å². The van der Waals surface area contributed by atoms with Crippen LogP contribution in [-0.4, -0.2) is 50.2 Å². The zero-order chi connectivity index (χ0) is 13.5. The lowest BCUT2D eigenvalue weighted by molar-refractivity contribution is -0.142. The van der Waals surface area contributed by atoms with Crippen molar-refractivity contribution < 1.29 is 19.1 Å². The van der Waals surface area contributed by atoms with Crippen LogP contribution in [0.2, 0.25) is 0 Å². The monoisotopic (exact) mass is 257 g/mol. The van der Waals surface area contributed by atoms with Gasteiger partial charge in [-0.25, -0.2) is 0 Å². The van der Waals surface area contributed by atoms with Crippen molar-refractivity contribution in [1.29, 1.82) is 0 Å². The molecule has 2 unspecified atom stereocenters. The Bertz CT molecular complexity index is 293. The van der Waals surface area contributed by atoms with Gasteiger partial charge in [-0.2, -0.15) is 0 Å². The Labute approximate surface area is 108 Å². The van der Waals surface area contributed by atoms with Gasteiger partial charge in [-0.1, -0.05) is 6.92 Å². The van der Waals surface area contributed by atoms with Crippen molar-refractivity contribution >= 4 is 11.9 Å². The molecule has 0 saturated carbocycles. The summed E-state index contributed by atoms with van der Waals surface area (Å²) < 4.78 is 10.1. The number of esters is 1. The molecule has 0 aliphatic carbocycles. The topological polar surface area (TPSA) is 55.8 Å². The lowest BCUT2D eigenvalue weighted by Gasteiger charge is -2.23. The molecule has 1 rings (SSSR count). The Morgan fingerprint density at radius 2 is 2.17 bits per heavy atom. The maximum absolute atomic E-state index is 12.2. The second-order valence-electron chi connectivity index (χ2n) is 4.65. The average Bonchev–Trinajstić information content (AvgIpc) is 2.85. The Hall–Kier alpha value is -1.10. The third-order valence-corrected chi connectivity index (χ3v) is 3.41. The molecule has 5 nitrogen and oxygen atoms in total. The molecule has 0 aromatic carbocycles. The van der Waals surface area contributed by atoms with Gasteiger partial charge in [-0.3, -0.25) is 9.59 Å². The number of nitrogens with zero attached hydrogens (tertiary/aromatic N) is 1. The van der Waals surface area contributed by atoms with Crippen molar-refractivity contribution in [3.63, 3.8) is 0 Å². The molecule has 1 amide bonds. The van der Waals surface area contributed by atoms with Crippen molar-refractivity contribution in [2.24, 2.45) is 5.92 Å². The summed E-state index contributed by atoms with van der Waals surface area (Å²) in [4.78, 5) is 24.9. The lowest BCUT2D eigenvalue weighted by Crippen LogP contribution is -2.37. The Balaban J connectivity index is 2.34. The molecule has 2 atom stereocenters. The molecule has 18 heavy (non-hydrogen) atoms. The van der Waals surface area contributed by atoms with E-state index in [9.17, 15) is 9.59 Å². The third-order valence-electron chi connectivity index (χ3n) is 3.41. The summed E-state index contributed by atoms with van der Waals surface area (Å²) in [5.74, 6) is -0.117. The van der Waals surface area contributed by atoms with Crippen molar-refractivity contribution in [3.8, 4) is 0 Å². The van der Waals surface area contributed by atoms with E-state index in [0.29, 0.717) is 26.0 Å². The van der Waals surface area contributed by atoms with Gasteiger partial charge in [0, 0.05) is 26.6 Å². The van der Waals surface area contributed by atoms with Gasteiger partial charge < -0.3 is 14.4 Å². The van der Waals surface area contributed by atoms with Crippen LogP contribution in [0.5, 0.6) is 0 Å². The van der Waals surface area contributed by atoms with E-state index in [0.717, 1.165) is 12.8 Å². The minimum atomic E-state index is -0.230. The number of hydrogen-bond donors (Lipinski definition) is 0. The molecule has 0 radical (unpaired) electrons. The van der Waals surface area contributed by atoms with Gasteiger partial charge in [0.05, 0.1) is 19.1 Å². The van der Waals surface area contributed by atoms with Crippen LogP contribution in [0.25, 0.3) is 0 Å². The predicted molar refractivity (Wildman–Crippen MR) is 67.0 cm³/mol. The van der Waals surface area contributed by atoms with Gasteiger partial charge in [-0.05, 0) is 19.3 Å². The predicted octanol–water partition coefficient (Wildman–Crippen LogP) is 1.21. The molecule has 104 valence electrons. The molecule has 1 aliphatic heterocycles. The quantitative estimate of drug-likeness (QED) is 0.671. The highest BCUT2D eigenvalue weighted by Gasteiger charge is 2.34. The van der Waals surface area contributed by atoms with Crippen LogP contribution in [0, 0.1) is 5.92 Å². The first-order valence-electron chi connectivity index (χ1n) is 6.53. The van der Waals surface area contributed by atoms with E-state index in [1.54, 1.807) is 11.9 Å². The maximum Gasteiger partial charge on any atom is 0.305 e. The van der Waals surface area contributed by atoms with E-state index in [4.69, 9.17) is 4.74 Å². The number of amides is 1. The van der Waals surface area contributed by atoms with Crippen molar-refractivity contribution in [1.82, 2.24) is 4.90 Å². The second kappa shape index (κ2) is 7.36. The molecule has 0 aromatic heterocycles. The van der Waals surface area contributed by atoms with Gasteiger partial charge in [0.25, 0.3) is 0 Å². The Morgan fingerprint density at radius 1 is 1.44 bits per heavy atom. The minimum Gasteiger partial charge on any atom is -0.469 e. The molecule has 1 heterocycles. The smallest absolute Gasteiger partial charge is 0.305 e. The van der Waals surface area contributed by atoms with Gasteiger partial charge in [0.2, 0.25) is 5.91 Å². The summed E-state index contributed by atoms with van der Waals surface area (Å²) in [5.41, 5.74) is 0. The molecule has 1 saturated heterocycles. The maximum atomic E-state index is 12.2. The fourth-order valence-electron chi connectivity index (χ4n) is 2.29. The normalized spacial score (nSPS) is 22.8. The molecular formula is C13H23NO4. The summed E-state index contributed by atoms with van der Waals surface area (Å²) in [7, 11) is 3.16. The van der Waals surface area contributed by atoms with Crippen molar-refractivity contribution in [3.05, 3.63) is 0 Å². The van der Waals surface area contributed by atoms with E-state index < -0.39 is 0 Å². The van der Waals surface area contributed by atoms with Crippen LogP contribution in [0.3, 0.4) is 0 Å². The van der Waals surface area contributed by atoms with Crippen LogP contribution in [0.15, 0.2) is 0 Å².